The molecule has 0 saturated carbocycles. The number of hydrogen-bond donors (Lipinski definition) is 1. The second kappa shape index (κ2) is 8.35. The number of pyridine rings is 1. The molecule has 144 valence electrons. The molecule has 0 aliphatic carbocycles. The first-order valence-electron chi connectivity index (χ1n) is 9.05. The van der Waals surface area contributed by atoms with Gasteiger partial charge < -0.3 is 10.1 Å². The quantitative estimate of drug-likeness (QED) is 0.551. The van der Waals surface area contributed by atoms with Crippen molar-refractivity contribution in [3.05, 3.63) is 95.2 Å². The van der Waals surface area contributed by atoms with Crippen LogP contribution in [-0.2, 0) is 17.9 Å². The lowest BCUT2D eigenvalue weighted by atomic mass is 10.2. The van der Waals surface area contributed by atoms with Gasteiger partial charge in [-0.05, 0) is 24.3 Å². The third kappa shape index (κ3) is 4.47. The van der Waals surface area contributed by atoms with Gasteiger partial charge in [0, 0.05) is 35.1 Å². The molecular formula is C22H18N4O3. The number of carbonyl (C=O) groups is 1. The number of anilines is 1. The van der Waals surface area contributed by atoms with Crippen molar-refractivity contribution >= 4 is 22.4 Å². The number of nitrogens with zero attached hydrogens (tertiary/aromatic N) is 3. The van der Waals surface area contributed by atoms with Gasteiger partial charge in [0.2, 0.25) is 5.91 Å². The van der Waals surface area contributed by atoms with Crippen molar-refractivity contribution in [2.24, 2.45) is 0 Å². The number of amides is 1. The van der Waals surface area contributed by atoms with Gasteiger partial charge in [0.15, 0.2) is 0 Å². The minimum Gasteiger partial charge on any atom is -0.489 e. The molecule has 4 rings (SSSR count). The van der Waals surface area contributed by atoms with Crippen LogP contribution in [0.2, 0.25) is 0 Å². The van der Waals surface area contributed by atoms with Crippen molar-refractivity contribution in [3.8, 4) is 5.75 Å². The highest BCUT2D eigenvalue weighted by atomic mass is 16.5. The zero-order valence-electron chi connectivity index (χ0n) is 15.5. The molecule has 0 radical (unpaired) electrons. The summed E-state index contributed by atoms with van der Waals surface area (Å²) in [4.78, 5) is 28.9. The molecule has 7 nitrogen and oxygen atoms in total. The summed E-state index contributed by atoms with van der Waals surface area (Å²) >= 11 is 0. The molecule has 1 N–H and O–H groups in total. The fourth-order valence-electron chi connectivity index (χ4n) is 2.89. The maximum absolute atomic E-state index is 12.5. The van der Waals surface area contributed by atoms with Gasteiger partial charge >= 0.3 is 0 Å². The van der Waals surface area contributed by atoms with Gasteiger partial charge in [-0.25, -0.2) is 4.68 Å². The molecule has 0 aliphatic rings. The smallest absolute Gasteiger partial charge is 0.275 e. The first kappa shape index (κ1) is 18.4. The van der Waals surface area contributed by atoms with Crippen LogP contribution in [0.4, 0.5) is 5.69 Å². The average molecular weight is 386 g/mol. The topological polar surface area (TPSA) is 86.1 Å². The number of rotatable bonds is 6. The molecule has 2 aromatic heterocycles. The van der Waals surface area contributed by atoms with Crippen LogP contribution in [0.15, 0.2) is 84.0 Å². The molecule has 2 aromatic carbocycles. The van der Waals surface area contributed by atoms with Crippen molar-refractivity contribution in [2.75, 3.05) is 5.32 Å². The number of hydrogen-bond acceptors (Lipinski definition) is 5. The standard InChI is InChI=1S/C22H18N4O3/c27-21(14-26-22(28)20-9-2-1-6-17(20)13-24-26)25-18-7-3-8-19(11-18)29-15-16-5-4-10-23-12-16/h1-13H,14-15H2,(H,25,27). The normalized spacial score (nSPS) is 10.6. The predicted molar refractivity (Wildman–Crippen MR) is 110 cm³/mol. The summed E-state index contributed by atoms with van der Waals surface area (Å²) in [6.45, 7) is 0.200. The van der Waals surface area contributed by atoms with E-state index in [-0.39, 0.29) is 18.0 Å². The average Bonchev–Trinajstić information content (AvgIpc) is 2.75. The summed E-state index contributed by atoms with van der Waals surface area (Å²) in [5.74, 6) is 0.270. The summed E-state index contributed by atoms with van der Waals surface area (Å²) in [5.41, 5.74) is 1.23. The predicted octanol–water partition coefficient (Wildman–Crippen LogP) is 3.01. The van der Waals surface area contributed by atoms with Gasteiger partial charge in [0.25, 0.3) is 5.56 Å². The maximum atomic E-state index is 12.5. The lowest BCUT2D eigenvalue weighted by molar-refractivity contribution is -0.117. The Morgan fingerprint density at radius 2 is 1.93 bits per heavy atom. The van der Waals surface area contributed by atoms with Gasteiger partial charge in [-0.2, -0.15) is 5.10 Å². The molecule has 0 atom stereocenters. The van der Waals surface area contributed by atoms with Crippen LogP contribution in [0.3, 0.4) is 0 Å². The van der Waals surface area contributed by atoms with Crippen LogP contribution in [0, 0.1) is 0 Å². The minimum atomic E-state index is -0.348. The Hall–Kier alpha value is -4.00. The van der Waals surface area contributed by atoms with Gasteiger partial charge in [-0.3, -0.25) is 14.6 Å². The summed E-state index contributed by atoms with van der Waals surface area (Å²) < 4.78 is 6.89. The summed E-state index contributed by atoms with van der Waals surface area (Å²) in [7, 11) is 0. The lowest BCUT2D eigenvalue weighted by Gasteiger charge is -2.10. The van der Waals surface area contributed by atoms with Crippen LogP contribution in [0.1, 0.15) is 5.56 Å². The zero-order valence-corrected chi connectivity index (χ0v) is 15.5. The zero-order chi connectivity index (χ0) is 20.1. The fraction of sp³-hybridized carbons (Fsp3) is 0.0909. The summed E-state index contributed by atoms with van der Waals surface area (Å²) in [6, 6.07) is 18.0. The van der Waals surface area contributed by atoms with Crippen molar-refractivity contribution in [1.82, 2.24) is 14.8 Å². The van der Waals surface area contributed by atoms with Gasteiger partial charge in [0.05, 0.1) is 11.6 Å². The van der Waals surface area contributed by atoms with E-state index in [1.54, 1.807) is 55.0 Å². The first-order valence-corrected chi connectivity index (χ1v) is 9.05. The highest BCUT2D eigenvalue weighted by Crippen LogP contribution is 2.18. The number of carbonyl (C=O) groups excluding carboxylic acids is 1. The Morgan fingerprint density at radius 1 is 1.03 bits per heavy atom. The molecule has 7 heteroatoms. The Balaban J connectivity index is 1.42. The number of benzene rings is 2. The van der Waals surface area contributed by atoms with Gasteiger partial charge in [-0.15, -0.1) is 0 Å². The van der Waals surface area contributed by atoms with Crippen LogP contribution in [0.25, 0.3) is 10.8 Å². The summed E-state index contributed by atoms with van der Waals surface area (Å²) in [6.07, 6.45) is 5.02. The second-order valence-corrected chi connectivity index (χ2v) is 6.42. The second-order valence-electron chi connectivity index (χ2n) is 6.42. The lowest BCUT2D eigenvalue weighted by Crippen LogP contribution is -2.29. The Labute approximate surface area is 166 Å². The minimum absolute atomic E-state index is 0.176. The molecule has 0 fully saturated rings. The first-order chi connectivity index (χ1) is 14.2. The van der Waals surface area contributed by atoms with Crippen LogP contribution < -0.4 is 15.6 Å². The van der Waals surface area contributed by atoms with Crippen LogP contribution in [-0.4, -0.2) is 20.7 Å². The molecule has 0 bridgehead atoms. The third-order valence-corrected chi connectivity index (χ3v) is 4.30. The van der Waals surface area contributed by atoms with E-state index in [4.69, 9.17) is 4.74 Å². The van der Waals surface area contributed by atoms with Gasteiger partial charge in [-0.1, -0.05) is 30.3 Å². The third-order valence-electron chi connectivity index (χ3n) is 4.30. The number of nitrogens with one attached hydrogen (secondary N) is 1. The summed E-state index contributed by atoms with van der Waals surface area (Å²) in [5, 5.41) is 8.13. The highest BCUT2D eigenvalue weighted by molar-refractivity contribution is 5.91. The van der Waals surface area contributed by atoms with Crippen molar-refractivity contribution in [2.45, 2.75) is 13.2 Å². The van der Waals surface area contributed by atoms with E-state index in [9.17, 15) is 9.59 Å². The van der Waals surface area contributed by atoms with E-state index in [1.807, 2.05) is 24.3 Å². The number of ether oxygens (including phenoxy) is 1. The van der Waals surface area contributed by atoms with Crippen LogP contribution in [0.5, 0.6) is 5.75 Å². The number of aromatic nitrogens is 3. The molecule has 2 heterocycles. The monoisotopic (exact) mass is 386 g/mol. The van der Waals surface area contributed by atoms with Gasteiger partial charge in [0.1, 0.15) is 18.9 Å². The molecule has 29 heavy (non-hydrogen) atoms. The SMILES string of the molecule is O=C(Cn1ncc2ccccc2c1=O)Nc1cccc(OCc2cccnc2)c1. The molecule has 1 amide bonds. The molecule has 0 spiro atoms. The van der Waals surface area contributed by atoms with E-state index in [1.165, 1.54) is 0 Å². The Bertz CT molecular complexity index is 1210. The Morgan fingerprint density at radius 3 is 2.79 bits per heavy atom. The van der Waals surface area contributed by atoms with Crippen molar-refractivity contribution in [3.63, 3.8) is 0 Å². The van der Waals surface area contributed by atoms with E-state index in [0.717, 1.165) is 15.6 Å². The van der Waals surface area contributed by atoms with E-state index in [2.05, 4.69) is 15.4 Å². The maximum Gasteiger partial charge on any atom is 0.275 e. The van der Waals surface area contributed by atoms with E-state index >= 15 is 0 Å². The Kier molecular flexibility index (Phi) is 5.29. The largest absolute Gasteiger partial charge is 0.489 e. The van der Waals surface area contributed by atoms with Crippen molar-refractivity contribution in [1.29, 1.82) is 0 Å². The van der Waals surface area contributed by atoms with E-state index in [0.29, 0.717) is 23.4 Å². The molecule has 4 aromatic rings. The molecule has 0 aliphatic heterocycles. The highest BCUT2D eigenvalue weighted by Gasteiger charge is 2.09. The van der Waals surface area contributed by atoms with E-state index < -0.39 is 0 Å². The van der Waals surface area contributed by atoms with Crippen molar-refractivity contribution < 1.29 is 9.53 Å². The molecule has 0 saturated heterocycles. The van der Waals surface area contributed by atoms with Crippen LogP contribution >= 0.6 is 0 Å². The molecule has 0 unspecified atom stereocenters. The number of fused-ring (bicyclic) bond motifs is 1. The molecular weight excluding hydrogens is 368 g/mol. The fourth-order valence-corrected chi connectivity index (χ4v) is 2.89.